The van der Waals surface area contributed by atoms with E-state index in [0.29, 0.717) is 5.56 Å². The molecule has 1 N–H and O–H groups in total. The second kappa shape index (κ2) is 5.83. The van der Waals surface area contributed by atoms with Crippen molar-refractivity contribution in [2.24, 2.45) is 0 Å². The summed E-state index contributed by atoms with van der Waals surface area (Å²) in [6.07, 6.45) is 0. The summed E-state index contributed by atoms with van der Waals surface area (Å²) in [5, 5.41) is 13.6. The van der Waals surface area contributed by atoms with Gasteiger partial charge < -0.3 is 5.32 Å². The Morgan fingerprint density at radius 1 is 1.15 bits per heavy atom. The number of nitro benzene ring substituents is 1. The molecule has 20 heavy (non-hydrogen) atoms. The largest absolute Gasteiger partial charge is 0.381 e. The summed E-state index contributed by atoms with van der Waals surface area (Å²) in [6.45, 7) is 0.181. The van der Waals surface area contributed by atoms with Crippen molar-refractivity contribution >= 4 is 23.0 Å². The van der Waals surface area contributed by atoms with E-state index < -0.39 is 16.6 Å². The quantitative estimate of drug-likeness (QED) is 0.682. The minimum absolute atomic E-state index is 0.0375. The number of anilines is 1. The number of nitrogens with zero attached hydrogens (tertiary/aromatic N) is 1. The zero-order chi connectivity index (χ0) is 14.7. The van der Waals surface area contributed by atoms with Gasteiger partial charge in [-0.2, -0.15) is 0 Å². The molecule has 0 bridgehead atoms. The van der Waals surface area contributed by atoms with E-state index in [1.165, 1.54) is 12.1 Å². The van der Waals surface area contributed by atoms with Crippen LogP contribution in [0.3, 0.4) is 0 Å². The Kier molecular flexibility index (Phi) is 4.14. The van der Waals surface area contributed by atoms with Crippen LogP contribution in [0.25, 0.3) is 0 Å². The van der Waals surface area contributed by atoms with Gasteiger partial charge in [0.05, 0.1) is 4.92 Å². The normalized spacial score (nSPS) is 10.3. The Morgan fingerprint density at radius 3 is 2.40 bits per heavy atom. The highest BCUT2D eigenvalue weighted by Gasteiger charge is 2.12. The molecular weight excluding hydrogens is 290 g/mol. The Balaban J connectivity index is 2.14. The molecule has 0 spiro atoms. The number of nitrogens with one attached hydrogen (secondary N) is 1. The molecule has 2 aromatic carbocycles. The molecule has 0 atom stereocenters. The summed E-state index contributed by atoms with van der Waals surface area (Å²) in [5.41, 5.74) is 0.613. The Labute approximate surface area is 118 Å². The van der Waals surface area contributed by atoms with Gasteiger partial charge in [-0.05, 0) is 23.8 Å². The maximum atomic E-state index is 13.0. The van der Waals surface area contributed by atoms with Crippen LogP contribution in [0.5, 0.6) is 0 Å². The highest BCUT2D eigenvalue weighted by Crippen LogP contribution is 2.25. The molecule has 0 aromatic heterocycles. The van der Waals surface area contributed by atoms with Gasteiger partial charge in [-0.3, -0.25) is 10.1 Å². The topological polar surface area (TPSA) is 55.2 Å². The molecule has 104 valence electrons. The van der Waals surface area contributed by atoms with E-state index in [4.69, 9.17) is 11.6 Å². The minimum Gasteiger partial charge on any atom is -0.381 e. The Bertz CT molecular complexity index is 645. The van der Waals surface area contributed by atoms with Crippen molar-refractivity contribution in [2.45, 2.75) is 6.54 Å². The van der Waals surface area contributed by atoms with Crippen molar-refractivity contribution in [2.75, 3.05) is 5.32 Å². The monoisotopic (exact) mass is 298 g/mol. The first-order chi connectivity index (χ1) is 9.45. The molecule has 4 nitrogen and oxygen atoms in total. The smallest absolute Gasteiger partial charge is 0.288 e. The van der Waals surface area contributed by atoms with Crippen LogP contribution in [-0.2, 0) is 6.54 Å². The summed E-state index contributed by atoms with van der Waals surface area (Å²) < 4.78 is 26.0. The number of nitro groups is 1. The highest BCUT2D eigenvalue weighted by molar-refractivity contribution is 6.32. The molecule has 0 aliphatic heterocycles. The van der Waals surface area contributed by atoms with Gasteiger partial charge in [-0.25, -0.2) is 8.78 Å². The lowest BCUT2D eigenvalue weighted by molar-refractivity contribution is -0.384. The van der Waals surface area contributed by atoms with Gasteiger partial charge >= 0.3 is 0 Å². The Morgan fingerprint density at radius 2 is 1.80 bits per heavy atom. The van der Waals surface area contributed by atoms with Gasteiger partial charge in [-0.15, -0.1) is 0 Å². The van der Waals surface area contributed by atoms with Gasteiger partial charge in [0.1, 0.15) is 16.7 Å². The number of hydrogen-bond acceptors (Lipinski definition) is 3. The van der Waals surface area contributed by atoms with Gasteiger partial charge in [-0.1, -0.05) is 17.7 Å². The second-order valence-corrected chi connectivity index (χ2v) is 4.46. The molecule has 0 heterocycles. The average molecular weight is 299 g/mol. The van der Waals surface area contributed by atoms with Gasteiger partial charge in [0.15, 0.2) is 0 Å². The van der Waals surface area contributed by atoms with Crippen molar-refractivity contribution in [3.05, 3.63) is 68.7 Å². The van der Waals surface area contributed by atoms with Crippen LogP contribution in [0.4, 0.5) is 20.2 Å². The summed E-state index contributed by atoms with van der Waals surface area (Å²) in [4.78, 5) is 10.1. The van der Waals surface area contributed by atoms with Crippen LogP contribution in [0.1, 0.15) is 5.56 Å². The molecular formula is C13H9ClF2N2O2. The highest BCUT2D eigenvalue weighted by atomic mass is 35.5. The predicted molar refractivity (Wildman–Crippen MR) is 71.8 cm³/mol. The molecule has 0 radical (unpaired) electrons. The van der Waals surface area contributed by atoms with Crippen LogP contribution < -0.4 is 5.32 Å². The summed E-state index contributed by atoms with van der Waals surface area (Å²) in [6, 6.07) is 7.34. The van der Waals surface area contributed by atoms with Crippen molar-refractivity contribution < 1.29 is 13.7 Å². The van der Waals surface area contributed by atoms with E-state index in [0.717, 1.165) is 18.2 Å². The predicted octanol–water partition coefficient (Wildman–Crippen LogP) is 4.14. The zero-order valence-corrected chi connectivity index (χ0v) is 10.8. The molecule has 0 amide bonds. The van der Waals surface area contributed by atoms with E-state index in [1.54, 1.807) is 6.07 Å². The fraction of sp³-hybridized carbons (Fsp3) is 0.0769. The van der Waals surface area contributed by atoms with Gasteiger partial charge in [0, 0.05) is 24.4 Å². The fourth-order valence-electron chi connectivity index (χ4n) is 1.67. The minimum atomic E-state index is -0.699. The van der Waals surface area contributed by atoms with Crippen molar-refractivity contribution in [3.63, 3.8) is 0 Å². The summed E-state index contributed by atoms with van der Waals surface area (Å²) >= 11 is 5.69. The van der Waals surface area contributed by atoms with Crippen molar-refractivity contribution in [1.82, 2.24) is 0 Å². The molecule has 2 rings (SSSR count). The molecule has 0 saturated carbocycles. The molecule has 0 unspecified atom stereocenters. The lowest BCUT2D eigenvalue weighted by Crippen LogP contribution is -2.01. The van der Waals surface area contributed by atoms with Crippen LogP contribution in [0.2, 0.25) is 5.02 Å². The van der Waals surface area contributed by atoms with Crippen LogP contribution in [-0.4, -0.2) is 4.92 Å². The zero-order valence-electron chi connectivity index (χ0n) is 10.1. The van der Waals surface area contributed by atoms with Gasteiger partial charge in [0.25, 0.3) is 5.69 Å². The Hall–Kier alpha value is -2.21. The molecule has 7 heteroatoms. The second-order valence-electron chi connectivity index (χ2n) is 4.05. The lowest BCUT2D eigenvalue weighted by atomic mass is 10.2. The molecule has 0 saturated heterocycles. The number of hydrogen-bond donors (Lipinski definition) is 1. The first-order valence-electron chi connectivity index (χ1n) is 5.58. The van der Waals surface area contributed by atoms with Crippen LogP contribution in [0.15, 0.2) is 36.4 Å². The third-order valence-corrected chi connectivity index (χ3v) is 2.89. The summed E-state index contributed by atoms with van der Waals surface area (Å²) in [5.74, 6) is -1.40. The first kappa shape index (κ1) is 14.2. The van der Waals surface area contributed by atoms with Gasteiger partial charge in [0.2, 0.25) is 0 Å². The molecule has 2 aromatic rings. The number of halogens is 3. The summed E-state index contributed by atoms with van der Waals surface area (Å²) in [7, 11) is 0. The third-order valence-electron chi connectivity index (χ3n) is 2.57. The molecule has 0 aliphatic carbocycles. The van der Waals surface area contributed by atoms with Crippen LogP contribution in [0, 0.1) is 21.7 Å². The van der Waals surface area contributed by atoms with E-state index >= 15 is 0 Å². The number of benzene rings is 2. The SMILES string of the molecule is O=[N+]([O-])c1cc(CNc2cc(F)cc(F)c2)ccc1Cl. The van der Waals surface area contributed by atoms with E-state index in [-0.39, 0.29) is 22.9 Å². The third kappa shape index (κ3) is 3.42. The van der Waals surface area contributed by atoms with Crippen molar-refractivity contribution in [1.29, 1.82) is 0 Å². The average Bonchev–Trinajstić information content (AvgIpc) is 2.36. The molecule has 0 fully saturated rings. The maximum absolute atomic E-state index is 13.0. The first-order valence-corrected chi connectivity index (χ1v) is 5.96. The van der Waals surface area contributed by atoms with E-state index in [2.05, 4.69) is 5.32 Å². The molecule has 0 aliphatic rings. The fourth-order valence-corrected chi connectivity index (χ4v) is 1.85. The van der Waals surface area contributed by atoms with E-state index in [1.807, 2.05) is 0 Å². The lowest BCUT2D eigenvalue weighted by Gasteiger charge is -2.07. The van der Waals surface area contributed by atoms with E-state index in [9.17, 15) is 18.9 Å². The maximum Gasteiger partial charge on any atom is 0.288 e. The number of rotatable bonds is 4. The van der Waals surface area contributed by atoms with Crippen molar-refractivity contribution in [3.8, 4) is 0 Å². The standard InChI is InChI=1S/C13H9ClF2N2O2/c14-12-2-1-8(3-13(12)18(19)20)7-17-11-5-9(15)4-10(16)6-11/h1-6,17H,7H2. The van der Waals surface area contributed by atoms with Crippen LogP contribution >= 0.6 is 11.6 Å².